The van der Waals surface area contributed by atoms with Crippen LogP contribution in [0.3, 0.4) is 0 Å². The average molecular weight is 324 g/mol. The number of sulfone groups is 1. The van der Waals surface area contributed by atoms with Crippen molar-refractivity contribution in [1.29, 1.82) is 0 Å². The predicted octanol–water partition coefficient (Wildman–Crippen LogP) is 3.47. The monoisotopic (exact) mass is 323 g/mol. The van der Waals surface area contributed by atoms with Crippen molar-refractivity contribution in [3.63, 3.8) is 0 Å². The maximum absolute atomic E-state index is 11.2. The van der Waals surface area contributed by atoms with Gasteiger partial charge in [-0.25, -0.2) is 8.42 Å². The van der Waals surface area contributed by atoms with Gasteiger partial charge in [-0.1, -0.05) is 36.2 Å². The minimum Gasteiger partial charge on any atom is -0.310 e. The number of nitrogens with one attached hydrogen (secondary N) is 1. The van der Waals surface area contributed by atoms with Gasteiger partial charge in [0.05, 0.1) is 0 Å². The van der Waals surface area contributed by atoms with Crippen molar-refractivity contribution in [2.75, 3.05) is 18.6 Å². The highest BCUT2D eigenvalue weighted by Crippen LogP contribution is 2.28. The van der Waals surface area contributed by atoms with Crippen molar-refractivity contribution in [3.05, 3.63) is 33.8 Å². The summed E-state index contributed by atoms with van der Waals surface area (Å²) in [6.45, 7) is 2.80. The molecular weight excluding hydrogens is 305 g/mol. The Balaban J connectivity index is 2.76. The summed E-state index contributed by atoms with van der Waals surface area (Å²) < 4.78 is 22.3. The molecule has 1 unspecified atom stereocenters. The number of halogens is 2. The molecule has 0 spiro atoms. The van der Waals surface area contributed by atoms with Crippen molar-refractivity contribution in [3.8, 4) is 0 Å². The van der Waals surface area contributed by atoms with Gasteiger partial charge in [0.1, 0.15) is 9.84 Å². The Kier molecular flexibility index (Phi) is 6.60. The van der Waals surface area contributed by atoms with Crippen LogP contribution in [-0.4, -0.2) is 27.0 Å². The molecule has 0 fully saturated rings. The molecule has 0 aliphatic heterocycles. The molecule has 0 bridgehead atoms. The maximum Gasteiger partial charge on any atom is 0.147 e. The minimum atomic E-state index is -2.92. The molecule has 1 atom stereocenters. The zero-order valence-corrected chi connectivity index (χ0v) is 13.4. The van der Waals surface area contributed by atoms with Crippen LogP contribution in [0.1, 0.15) is 31.4 Å². The second-order valence-corrected chi connectivity index (χ2v) is 7.65. The normalized spacial score (nSPS) is 13.5. The van der Waals surface area contributed by atoms with E-state index >= 15 is 0 Å². The van der Waals surface area contributed by atoms with Gasteiger partial charge in [-0.15, -0.1) is 0 Å². The summed E-state index contributed by atoms with van der Waals surface area (Å²) in [5.74, 6) is 0.195. The molecule has 0 aromatic heterocycles. The fraction of sp³-hybridized carbons (Fsp3) is 0.538. The highest BCUT2D eigenvalue weighted by atomic mass is 35.5. The maximum atomic E-state index is 11.2. The van der Waals surface area contributed by atoms with Gasteiger partial charge in [0.15, 0.2) is 0 Å². The molecule has 1 aromatic carbocycles. The molecular formula is C13H19Cl2NO2S. The molecule has 0 saturated heterocycles. The van der Waals surface area contributed by atoms with Crippen LogP contribution in [0, 0.1) is 0 Å². The molecule has 1 aromatic rings. The fourth-order valence-electron chi connectivity index (χ4n) is 1.95. The topological polar surface area (TPSA) is 46.2 Å². The van der Waals surface area contributed by atoms with Crippen LogP contribution in [0.4, 0.5) is 0 Å². The highest BCUT2D eigenvalue weighted by molar-refractivity contribution is 7.90. The van der Waals surface area contributed by atoms with Crippen molar-refractivity contribution < 1.29 is 8.42 Å². The van der Waals surface area contributed by atoms with E-state index in [0.717, 1.165) is 18.5 Å². The van der Waals surface area contributed by atoms with Crippen LogP contribution in [0.2, 0.25) is 10.0 Å². The van der Waals surface area contributed by atoms with Crippen LogP contribution in [0.15, 0.2) is 18.2 Å². The molecule has 1 N–H and O–H groups in total. The Labute approximate surface area is 125 Å². The molecule has 0 radical (unpaired) electrons. The van der Waals surface area contributed by atoms with Gasteiger partial charge >= 0.3 is 0 Å². The number of hydrogen-bond acceptors (Lipinski definition) is 3. The lowest BCUT2D eigenvalue weighted by atomic mass is 10.0. The Hall–Kier alpha value is -0.290. The zero-order chi connectivity index (χ0) is 14.5. The van der Waals surface area contributed by atoms with Gasteiger partial charge in [-0.3, -0.25) is 0 Å². The van der Waals surface area contributed by atoms with Crippen molar-refractivity contribution in [1.82, 2.24) is 5.32 Å². The van der Waals surface area contributed by atoms with Gasteiger partial charge in [0, 0.05) is 28.1 Å². The number of hydrogen-bond donors (Lipinski definition) is 1. The Morgan fingerprint density at radius 3 is 2.53 bits per heavy atom. The quantitative estimate of drug-likeness (QED) is 0.835. The summed E-state index contributed by atoms with van der Waals surface area (Å²) in [6.07, 6.45) is 2.59. The minimum absolute atomic E-state index is 0.0523. The summed E-state index contributed by atoms with van der Waals surface area (Å²) in [6, 6.07) is 5.44. The molecule has 0 aliphatic rings. The SMILES string of the molecule is CCNC(CCCS(C)(=O)=O)c1ccc(Cl)cc1Cl. The molecule has 0 aliphatic carbocycles. The molecule has 108 valence electrons. The van der Waals surface area contributed by atoms with E-state index in [-0.39, 0.29) is 11.8 Å². The standard InChI is InChI=1S/C13H19Cl2NO2S/c1-3-16-13(5-4-8-19(2,17)18)11-7-6-10(14)9-12(11)15/h6-7,9,13,16H,3-5,8H2,1-2H3. The van der Waals surface area contributed by atoms with E-state index in [4.69, 9.17) is 23.2 Å². The van der Waals surface area contributed by atoms with E-state index < -0.39 is 9.84 Å². The Morgan fingerprint density at radius 1 is 1.32 bits per heavy atom. The largest absolute Gasteiger partial charge is 0.310 e. The van der Waals surface area contributed by atoms with Crippen molar-refractivity contribution in [2.24, 2.45) is 0 Å². The third-order valence-corrected chi connectivity index (χ3v) is 4.39. The summed E-state index contributed by atoms with van der Waals surface area (Å²) in [7, 11) is -2.92. The average Bonchev–Trinajstić information content (AvgIpc) is 2.26. The summed E-state index contributed by atoms with van der Waals surface area (Å²) in [5.41, 5.74) is 0.960. The van der Waals surface area contributed by atoms with Crippen LogP contribution in [0.5, 0.6) is 0 Å². The van der Waals surface area contributed by atoms with Crippen LogP contribution >= 0.6 is 23.2 Å². The number of rotatable bonds is 7. The fourth-order valence-corrected chi connectivity index (χ4v) is 3.18. The Bertz CT molecular complexity index is 517. The van der Waals surface area contributed by atoms with E-state index in [1.54, 1.807) is 12.1 Å². The van der Waals surface area contributed by atoms with Gasteiger partial charge in [0.2, 0.25) is 0 Å². The highest BCUT2D eigenvalue weighted by Gasteiger charge is 2.15. The van der Waals surface area contributed by atoms with E-state index in [1.165, 1.54) is 6.26 Å². The molecule has 0 heterocycles. The van der Waals surface area contributed by atoms with Gasteiger partial charge in [0.25, 0.3) is 0 Å². The lowest BCUT2D eigenvalue weighted by molar-refractivity contribution is 0.507. The molecule has 6 heteroatoms. The van der Waals surface area contributed by atoms with Crippen LogP contribution < -0.4 is 5.32 Å². The van der Waals surface area contributed by atoms with Crippen molar-refractivity contribution >= 4 is 33.0 Å². The Morgan fingerprint density at radius 2 is 2.00 bits per heavy atom. The van der Waals surface area contributed by atoms with Gasteiger partial charge in [-0.2, -0.15) is 0 Å². The number of benzene rings is 1. The first-order valence-corrected chi connectivity index (χ1v) is 9.01. The van der Waals surface area contributed by atoms with Crippen molar-refractivity contribution in [2.45, 2.75) is 25.8 Å². The van der Waals surface area contributed by atoms with E-state index in [0.29, 0.717) is 16.5 Å². The summed E-state index contributed by atoms with van der Waals surface area (Å²) in [4.78, 5) is 0. The van der Waals surface area contributed by atoms with E-state index in [2.05, 4.69) is 5.32 Å². The lowest BCUT2D eigenvalue weighted by Crippen LogP contribution is -2.22. The van der Waals surface area contributed by atoms with Gasteiger partial charge < -0.3 is 5.32 Å². The zero-order valence-electron chi connectivity index (χ0n) is 11.1. The van der Waals surface area contributed by atoms with Crippen LogP contribution in [-0.2, 0) is 9.84 Å². The van der Waals surface area contributed by atoms with E-state index in [9.17, 15) is 8.42 Å². The summed E-state index contributed by atoms with van der Waals surface area (Å²) in [5, 5.41) is 4.53. The molecule has 1 rings (SSSR count). The summed E-state index contributed by atoms with van der Waals surface area (Å²) >= 11 is 12.1. The second-order valence-electron chi connectivity index (χ2n) is 4.55. The smallest absolute Gasteiger partial charge is 0.147 e. The van der Waals surface area contributed by atoms with Crippen LogP contribution in [0.25, 0.3) is 0 Å². The first kappa shape index (κ1) is 16.8. The predicted molar refractivity (Wildman–Crippen MR) is 81.8 cm³/mol. The van der Waals surface area contributed by atoms with Gasteiger partial charge in [-0.05, 0) is 37.1 Å². The second kappa shape index (κ2) is 7.48. The first-order valence-electron chi connectivity index (χ1n) is 6.19. The molecule has 19 heavy (non-hydrogen) atoms. The molecule has 0 saturated carbocycles. The molecule has 0 amide bonds. The third kappa shape index (κ3) is 6.13. The first-order chi connectivity index (χ1) is 8.83. The molecule has 3 nitrogen and oxygen atoms in total. The third-order valence-electron chi connectivity index (χ3n) is 2.80. The lowest BCUT2D eigenvalue weighted by Gasteiger charge is -2.19. The van der Waals surface area contributed by atoms with E-state index in [1.807, 2.05) is 13.0 Å².